The third-order valence-electron chi connectivity index (χ3n) is 4.11. The molecule has 31 heavy (non-hydrogen) atoms. The molecule has 0 bridgehead atoms. The second-order valence-corrected chi connectivity index (χ2v) is 6.15. The van der Waals surface area contributed by atoms with Gasteiger partial charge in [-0.25, -0.2) is 9.59 Å². The predicted octanol–water partition coefficient (Wildman–Crippen LogP) is 3.61. The second-order valence-electron chi connectivity index (χ2n) is 6.15. The normalized spacial score (nSPS) is 10.4. The van der Waals surface area contributed by atoms with Crippen LogP contribution in [0.25, 0.3) is 5.69 Å². The first-order valence-electron chi connectivity index (χ1n) is 9.48. The molecular formula is C22H21NO8. The standard InChI is InChI=1S/C22H21NO8/c1-3-28-21(26)17-19(24)20(25)18(22(27)29-4-2)23(17)14-9-8-12-16(13-14)31-30-15-10-6-5-7-11-15/h5-13,24-25H,3-4H2,1-2H3. The molecule has 2 aromatic carbocycles. The van der Waals surface area contributed by atoms with Gasteiger partial charge in [-0.3, -0.25) is 14.3 Å². The maximum atomic E-state index is 12.5. The van der Waals surface area contributed by atoms with Crippen molar-refractivity contribution in [3.8, 4) is 28.7 Å². The number of rotatable bonds is 8. The molecule has 0 aliphatic rings. The van der Waals surface area contributed by atoms with Crippen LogP contribution >= 0.6 is 0 Å². The Kier molecular flexibility index (Phi) is 6.66. The van der Waals surface area contributed by atoms with Gasteiger partial charge >= 0.3 is 11.9 Å². The first-order valence-corrected chi connectivity index (χ1v) is 9.48. The molecule has 3 aromatic rings. The van der Waals surface area contributed by atoms with Crippen molar-refractivity contribution in [3.05, 3.63) is 66.0 Å². The van der Waals surface area contributed by atoms with Gasteiger partial charge in [-0.2, -0.15) is 0 Å². The fraction of sp³-hybridized carbons (Fsp3) is 0.182. The van der Waals surface area contributed by atoms with Crippen LogP contribution in [0.1, 0.15) is 34.8 Å². The van der Waals surface area contributed by atoms with Gasteiger partial charge in [-0.05, 0) is 38.1 Å². The maximum absolute atomic E-state index is 12.5. The number of carbonyl (C=O) groups excluding carboxylic acids is 2. The molecule has 0 saturated carbocycles. The van der Waals surface area contributed by atoms with Gasteiger partial charge < -0.3 is 19.7 Å². The first kappa shape index (κ1) is 21.6. The summed E-state index contributed by atoms with van der Waals surface area (Å²) < 4.78 is 11.0. The van der Waals surface area contributed by atoms with Crippen molar-refractivity contribution in [3.63, 3.8) is 0 Å². The summed E-state index contributed by atoms with van der Waals surface area (Å²) in [7, 11) is 0. The topological polar surface area (TPSA) is 116 Å². The van der Waals surface area contributed by atoms with Crippen LogP contribution in [-0.4, -0.2) is 39.9 Å². The lowest BCUT2D eigenvalue weighted by atomic mass is 10.2. The van der Waals surface area contributed by atoms with E-state index in [0.29, 0.717) is 5.75 Å². The number of aromatic nitrogens is 1. The van der Waals surface area contributed by atoms with Gasteiger partial charge in [0, 0.05) is 6.07 Å². The molecule has 0 atom stereocenters. The SMILES string of the molecule is CCOC(=O)c1c(O)c(O)c(C(=O)OCC)n1-c1cccc(OOc2ccccc2)c1. The minimum absolute atomic E-state index is 0.0209. The number of hydrogen-bond donors (Lipinski definition) is 2. The van der Waals surface area contributed by atoms with Crippen molar-refractivity contribution < 1.29 is 39.1 Å². The molecule has 0 radical (unpaired) electrons. The summed E-state index contributed by atoms with van der Waals surface area (Å²) in [4.78, 5) is 35.5. The van der Waals surface area contributed by atoms with Crippen LogP contribution in [0.4, 0.5) is 0 Å². The van der Waals surface area contributed by atoms with E-state index in [0.717, 1.165) is 4.57 Å². The molecule has 0 fully saturated rings. The van der Waals surface area contributed by atoms with Crippen LogP contribution in [0.2, 0.25) is 0 Å². The Balaban J connectivity index is 2.06. The molecule has 1 heterocycles. The van der Waals surface area contributed by atoms with Crippen LogP contribution in [0.15, 0.2) is 54.6 Å². The smallest absolute Gasteiger partial charge is 0.359 e. The highest BCUT2D eigenvalue weighted by atomic mass is 17.2. The quantitative estimate of drug-likeness (QED) is 0.318. The Morgan fingerprint density at radius 3 is 1.84 bits per heavy atom. The molecule has 0 amide bonds. The monoisotopic (exact) mass is 427 g/mol. The van der Waals surface area contributed by atoms with Gasteiger partial charge in [0.05, 0.1) is 18.9 Å². The minimum Gasteiger partial charge on any atom is -0.503 e. The number of para-hydroxylation sites is 1. The molecule has 9 heteroatoms. The number of esters is 2. The summed E-state index contributed by atoms with van der Waals surface area (Å²) in [5.41, 5.74) is -0.636. The molecular weight excluding hydrogens is 406 g/mol. The number of hydrogen-bond acceptors (Lipinski definition) is 8. The number of ether oxygens (including phenoxy) is 2. The van der Waals surface area contributed by atoms with Crippen LogP contribution in [-0.2, 0) is 9.47 Å². The molecule has 2 N–H and O–H groups in total. The molecule has 0 unspecified atom stereocenters. The lowest BCUT2D eigenvalue weighted by Gasteiger charge is -2.13. The lowest BCUT2D eigenvalue weighted by molar-refractivity contribution is -0.0999. The Morgan fingerprint density at radius 2 is 1.29 bits per heavy atom. The van der Waals surface area contributed by atoms with Crippen LogP contribution in [0.5, 0.6) is 23.0 Å². The minimum atomic E-state index is -0.933. The molecule has 3 rings (SSSR count). The number of nitrogens with zero attached hydrogens (tertiary/aromatic N) is 1. The lowest BCUT2D eigenvalue weighted by Crippen LogP contribution is -2.17. The third-order valence-corrected chi connectivity index (χ3v) is 4.11. The van der Waals surface area contributed by atoms with Crippen LogP contribution < -0.4 is 9.78 Å². The Morgan fingerprint density at radius 1 is 0.774 bits per heavy atom. The zero-order chi connectivity index (χ0) is 22.4. The molecule has 1 aromatic heterocycles. The van der Waals surface area contributed by atoms with Crippen LogP contribution in [0.3, 0.4) is 0 Å². The van der Waals surface area contributed by atoms with Crippen molar-refractivity contribution in [1.82, 2.24) is 4.57 Å². The second kappa shape index (κ2) is 9.57. The highest BCUT2D eigenvalue weighted by Crippen LogP contribution is 2.39. The van der Waals surface area contributed by atoms with Crippen molar-refractivity contribution >= 4 is 11.9 Å². The van der Waals surface area contributed by atoms with Gasteiger partial charge in [-0.15, -0.1) is 0 Å². The van der Waals surface area contributed by atoms with Gasteiger partial charge in [0.2, 0.25) is 0 Å². The summed E-state index contributed by atoms with van der Waals surface area (Å²) in [6.07, 6.45) is 0. The van der Waals surface area contributed by atoms with E-state index >= 15 is 0 Å². The van der Waals surface area contributed by atoms with E-state index in [1.807, 2.05) is 6.07 Å². The number of aromatic hydroxyl groups is 2. The van der Waals surface area contributed by atoms with E-state index in [4.69, 9.17) is 19.2 Å². The highest BCUT2D eigenvalue weighted by Gasteiger charge is 2.33. The fourth-order valence-electron chi connectivity index (χ4n) is 2.83. The van der Waals surface area contributed by atoms with E-state index in [-0.39, 0.29) is 24.7 Å². The van der Waals surface area contributed by atoms with E-state index in [1.165, 1.54) is 6.07 Å². The molecule has 0 aliphatic carbocycles. The Bertz CT molecular complexity index is 1030. The van der Waals surface area contributed by atoms with Crippen LogP contribution in [0, 0.1) is 0 Å². The van der Waals surface area contributed by atoms with Crippen molar-refractivity contribution in [1.29, 1.82) is 0 Å². The van der Waals surface area contributed by atoms with Crippen molar-refractivity contribution in [2.45, 2.75) is 13.8 Å². The maximum Gasteiger partial charge on any atom is 0.359 e. The fourth-order valence-corrected chi connectivity index (χ4v) is 2.83. The molecule has 0 spiro atoms. The third kappa shape index (κ3) is 4.55. The van der Waals surface area contributed by atoms with E-state index in [2.05, 4.69) is 0 Å². The average Bonchev–Trinajstić information content (AvgIpc) is 3.04. The first-order chi connectivity index (χ1) is 15.0. The Hall–Kier alpha value is -4.14. The summed E-state index contributed by atoms with van der Waals surface area (Å²) in [5.74, 6) is -2.76. The molecule has 0 aliphatic heterocycles. The van der Waals surface area contributed by atoms with Gasteiger partial charge in [0.15, 0.2) is 34.4 Å². The van der Waals surface area contributed by atoms with Gasteiger partial charge in [0.25, 0.3) is 0 Å². The van der Waals surface area contributed by atoms with E-state index in [1.54, 1.807) is 56.3 Å². The largest absolute Gasteiger partial charge is 0.503 e. The van der Waals surface area contributed by atoms with Gasteiger partial charge in [-0.1, -0.05) is 24.3 Å². The van der Waals surface area contributed by atoms with Crippen molar-refractivity contribution in [2.24, 2.45) is 0 Å². The number of carbonyl (C=O) groups is 2. The van der Waals surface area contributed by atoms with Gasteiger partial charge in [0.1, 0.15) is 0 Å². The molecule has 162 valence electrons. The summed E-state index contributed by atoms with van der Waals surface area (Å²) in [5, 5.41) is 20.7. The summed E-state index contributed by atoms with van der Waals surface area (Å²) in [6.45, 7) is 3.22. The number of benzene rings is 2. The highest BCUT2D eigenvalue weighted by molar-refractivity contribution is 6.00. The summed E-state index contributed by atoms with van der Waals surface area (Å²) in [6, 6.07) is 14.9. The molecule has 0 saturated heterocycles. The zero-order valence-electron chi connectivity index (χ0n) is 16.9. The van der Waals surface area contributed by atoms with E-state index in [9.17, 15) is 19.8 Å². The Labute approximate surface area is 177 Å². The van der Waals surface area contributed by atoms with Crippen molar-refractivity contribution in [2.75, 3.05) is 13.2 Å². The van der Waals surface area contributed by atoms with E-state index < -0.39 is 34.8 Å². The predicted molar refractivity (Wildman–Crippen MR) is 109 cm³/mol. The average molecular weight is 427 g/mol. The summed E-state index contributed by atoms with van der Waals surface area (Å²) >= 11 is 0. The molecule has 9 nitrogen and oxygen atoms in total. The zero-order valence-corrected chi connectivity index (χ0v) is 16.9.